The highest BCUT2D eigenvalue weighted by Crippen LogP contribution is 2.15. The molecule has 0 bridgehead atoms. The van der Waals surface area contributed by atoms with Crippen LogP contribution in [0.2, 0.25) is 0 Å². The number of carbonyl (C=O) groups is 2. The number of carbonyl (C=O) groups excluding carboxylic acids is 2. The van der Waals surface area contributed by atoms with Crippen LogP contribution in [0, 0.1) is 6.92 Å². The monoisotopic (exact) mass is 317 g/mol. The molecule has 0 aromatic heterocycles. The fourth-order valence-corrected chi connectivity index (χ4v) is 2.78. The minimum absolute atomic E-state index is 0.0869. The number of nitrogens with one attached hydrogen (secondary N) is 1. The summed E-state index contributed by atoms with van der Waals surface area (Å²) >= 11 is 0. The average molecular weight is 317 g/mol. The summed E-state index contributed by atoms with van der Waals surface area (Å²) in [5, 5.41) is 2.97. The Bertz CT molecular complexity index is 559. The van der Waals surface area contributed by atoms with Crippen LogP contribution in [0.4, 0.5) is 4.79 Å². The van der Waals surface area contributed by atoms with Gasteiger partial charge >= 0.3 is 6.03 Å². The van der Waals surface area contributed by atoms with Crippen molar-refractivity contribution in [1.29, 1.82) is 0 Å². The molecule has 0 aliphatic carbocycles. The lowest BCUT2D eigenvalue weighted by atomic mass is 9.99. The Kier molecular flexibility index (Phi) is 6.02. The molecule has 1 aliphatic heterocycles. The normalized spacial score (nSPS) is 15.6. The number of aryl methyl sites for hydroxylation is 1. The van der Waals surface area contributed by atoms with Crippen LogP contribution in [0.1, 0.15) is 36.8 Å². The summed E-state index contributed by atoms with van der Waals surface area (Å²) in [5.41, 5.74) is 2.46. The number of hydrogen-bond donors (Lipinski definition) is 1. The summed E-state index contributed by atoms with van der Waals surface area (Å²) in [5.74, 6) is 0.472. The highest BCUT2D eigenvalue weighted by molar-refractivity contribution is 5.78. The summed E-state index contributed by atoms with van der Waals surface area (Å²) in [4.78, 5) is 27.2. The highest BCUT2D eigenvalue weighted by Gasteiger charge is 2.20. The molecule has 23 heavy (non-hydrogen) atoms. The Morgan fingerprint density at radius 2 is 2.22 bits per heavy atom. The van der Waals surface area contributed by atoms with Crippen LogP contribution in [-0.2, 0) is 4.79 Å². The van der Waals surface area contributed by atoms with Gasteiger partial charge in [-0.2, -0.15) is 0 Å². The molecule has 1 N–H and O–H groups in total. The van der Waals surface area contributed by atoms with E-state index in [4.69, 9.17) is 0 Å². The van der Waals surface area contributed by atoms with Gasteiger partial charge in [-0.15, -0.1) is 0 Å². The zero-order chi connectivity index (χ0) is 16.8. The Balaban J connectivity index is 1.74. The average Bonchev–Trinajstić information content (AvgIpc) is 2.95. The molecule has 0 saturated carbocycles. The molecule has 0 spiro atoms. The summed E-state index contributed by atoms with van der Waals surface area (Å²) in [7, 11) is 1.77. The van der Waals surface area contributed by atoms with Gasteiger partial charge in [-0.1, -0.05) is 36.8 Å². The molecule has 3 amide bonds. The molecule has 1 aromatic rings. The van der Waals surface area contributed by atoms with Crippen molar-refractivity contribution in [2.45, 2.75) is 32.6 Å². The maximum Gasteiger partial charge on any atom is 0.317 e. The van der Waals surface area contributed by atoms with Gasteiger partial charge in [0.25, 0.3) is 0 Å². The molecule has 126 valence electrons. The zero-order valence-electron chi connectivity index (χ0n) is 14.3. The standard InChI is InChI=1S/C18H27N3O2/c1-14-6-4-7-16(12-14)15(2)13-19-18(23)20(3)10-11-21-9-5-8-17(21)22/h4,6-7,12,15H,5,8-11,13H2,1-3H3,(H,19,23)/t15-/m1/s1. The fraction of sp³-hybridized carbons (Fsp3) is 0.556. The Labute approximate surface area is 138 Å². The van der Waals surface area contributed by atoms with E-state index >= 15 is 0 Å². The van der Waals surface area contributed by atoms with E-state index in [9.17, 15) is 9.59 Å². The Hall–Kier alpha value is -2.04. The molecule has 1 heterocycles. The molecule has 0 unspecified atom stereocenters. The molecule has 1 fully saturated rings. The summed E-state index contributed by atoms with van der Waals surface area (Å²) in [6, 6.07) is 8.27. The van der Waals surface area contributed by atoms with Crippen molar-refractivity contribution in [3.8, 4) is 0 Å². The van der Waals surface area contributed by atoms with Crippen molar-refractivity contribution in [3.05, 3.63) is 35.4 Å². The topological polar surface area (TPSA) is 52.7 Å². The van der Waals surface area contributed by atoms with Crippen molar-refractivity contribution in [1.82, 2.24) is 15.1 Å². The molecule has 1 aliphatic rings. The Morgan fingerprint density at radius 1 is 1.43 bits per heavy atom. The first-order chi connectivity index (χ1) is 11.0. The van der Waals surface area contributed by atoms with Crippen molar-refractivity contribution >= 4 is 11.9 Å². The number of likely N-dealkylation sites (N-methyl/N-ethyl adjacent to an activating group) is 1. The lowest BCUT2D eigenvalue weighted by molar-refractivity contribution is -0.127. The lowest BCUT2D eigenvalue weighted by Gasteiger charge is -2.23. The van der Waals surface area contributed by atoms with E-state index < -0.39 is 0 Å². The minimum atomic E-state index is -0.0869. The third-order valence-corrected chi connectivity index (χ3v) is 4.39. The van der Waals surface area contributed by atoms with Crippen molar-refractivity contribution in [3.63, 3.8) is 0 Å². The van der Waals surface area contributed by atoms with Crippen LogP contribution in [-0.4, -0.2) is 55.0 Å². The summed E-state index contributed by atoms with van der Waals surface area (Å²) in [6.45, 7) is 6.79. The molecule has 1 saturated heterocycles. The van der Waals surface area contributed by atoms with E-state index in [0.717, 1.165) is 13.0 Å². The quantitative estimate of drug-likeness (QED) is 0.876. The van der Waals surface area contributed by atoms with Gasteiger partial charge < -0.3 is 15.1 Å². The number of rotatable bonds is 6. The van der Waals surface area contributed by atoms with Crippen molar-refractivity contribution < 1.29 is 9.59 Å². The number of urea groups is 1. The van der Waals surface area contributed by atoms with Crippen LogP contribution in [0.15, 0.2) is 24.3 Å². The van der Waals surface area contributed by atoms with E-state index in [1.165, 1.54) is 11.1 Å². The van der Waals surface area contributed by atoms with Gasteiger partial charge in [0.15, 0.2) is 0 Å². The van der Waals surface area contributed by atoms with Gasteiger partial charge in [0.2, 0.25) is 5.91 Å². The second kappa shape index (κ2) is 7.99. The van der Waals surface area contributed by atoms with Gasteiger partial charge in [-0.25, -0.2) is 4.79 Å². The van der Waals surface area contributed by atoms with E-state index in [-0.39, 0.29) is 17.9 Å². The van der Waals surface area contributed by atoms with E-state index in [0.29, 0.717) is 26.1 Å². The zero-order valence-corrected chi connectivity index (χ0v) is 14.3. The molecule has 5 nitrogen and oxygen atoms in total. The first-order valence-corrected chi connectivity index (χ1v) is 8.30. The van der Waals surface area contributed by atoms with Gasteiger partial charge in [0, 0.05) is 39.6 Å². The van der Waals surface area contributed by atoms with Crippen LogP contribution in [0.25, 0.3) is 0 Å². The highest BCUT2D eigenvalue weighted by atomic mass is 16.2. The van der Waals surface area contributed by atoms with Crippen LogP contribution in [0.5, 0.6) is 0 Å². The fourth-order valence-electron chi connectivity index (χ4n) is 2.78. The molecular weight excluding hydrogens is 290 g/mol. The van der Waals surface area contributed by atoms with E-state index in [2.05, 4.69) is 37.4 Å². The van der Waals surface area contributed by atoms with Crippen LogP contribution < -0.4 is 5.32 Å². The first kappa shape index (κ1) is 17.3. The van der Waals surface area contributed by atoms with E-state index in [1.54, 1.807) is 11.9 Å². The van der Waals surface area contributed by atoms with Crippen LogP contribution >= 0.6 is 0 Å². The van der Waals surface area contributed by atoms with Gasteiger partial charge in [-0.05, 0) is 24.8 Å². The van der Waals surface area contributed by atoms with Gasteiger partial charge in [-0.3, -0.25) is 4.79 Å². The third kappa shape index (κ3) is 4.98. The molecule has 1 atom stereocenters. The molecule has 1 aromatic carbocycles. The maximum absolute atomic E-state index is 12.1. The predicted molar refractivity (Wildman–Crippen MR) is 91.4 cm³/mol. The predicted octanol–water partition coefficient (Wildman–Crippen LogP) is 2.36. The molecule has 5 heteroatoms. The molecule has 0 radical (unpaired) electrons. The smallest absolute Gasteiger partial charge is 0.317 e. The first-order valence-electron chi connectivity index (χ1n) is 8.30. The lowest BCUT2D eigenvalue weighted by Crippen LogP contribution is -2.42. The van der Waals surface area contributed by atoms with E-state index in [1.807, 2.05) is 11.0 Å². The Morgan fingerprint density at radius 3 is 2.87 bits per heavy atom. The second-order valence-corrected chi connectivity index (χ2v) is 6.41. The number of nitrogens with zero attached hydrogens (tertiary/aromatic N) is 2. The molecular formula is C18H27N3O2. The summed E-state index contributed by atoms with van der Waals surface area (Å²) < 4.78 is 0. The van der Waals surface area contributed by atoms with Crippen LogP contribution in [0.3, 0.4) is 0 Å². The SMILES string of the molecule is Cc1cccc([C@H](C)CNC(=O)N(C)CCN2CCCC2=O)c1. The molecule has 2 rings (SSSR count). The largest absolute Gasteiger partial charge is 0.341 e. The van der Waals surface area contributed by atoms with Gasteiger partial charge in [0.1, 0.15) is 0 Å². The number of benzene rings is 1. The van der Waals surface area contributed by atoms with Crippen molar-refractivity contribution in [2.24, 2.45) is 0 Å². The number of amides is 3. The third-order valence-electron chi connectivity index (χ3n) is 4.39. The van der Waals surface area contributed by atoms with Gasteiger partial charge in [0.05, 0.1) is 0 Å². The second-order valence-electron chi connectivity index (χ2n) is 6.41. The van der Waals surface area contributed by atoms with Crippen molar-refractivity contribution in [2.75, 3.05) is 33.2 Å². The minimum Gasteiger partial charge on any atom is -0.341 e. The maximum atomic E-state index is 12.1. The summed E-state index contributed by atoms with van der Waals surface area (Å²) in [6.07, 6.45) is 1.58. The number of likely N-dealkylation sites (tertiary alicyclic amines) is 1. The number of hydrogen-bond acceptors (Lipinski definition) is 2.